The largest absolute Gasteiger partial charge is 0.159 e. The predicted octanol–water partition coefficient (Wildman–Crippen LogP) is 2.21. The van der Waals surface area contributed by atoms with E-state index in [0.29, 0.717) is 6.17 Å². The van der Waals surface area contributed by atoms with Gasteiger partial charge in [-0.15, -0.1) is 0 Å². The summed E-state index contributed by atoms with van der Waals surface area (Å²) in [5.74, 6) is 0. The van der Waals surface area contributed by atoms with Gasteiger partial charge < -0.3 is 0 Å². The van der Waals surface area contributed by atoms with E-state index in [1.165, 1.54) is 12.8 Å². The summed E-state index contributed by atoms with van der Waals surface area (Å²) >= 11 is 0. The summed E-state index contributed by atoms with van der Waals surface area (Å²) in [4.78, 5) is 0. The van der Waals surface area contributed by atoms with Crippen molar-refractivity contribution >= 4 is 0 Å². The Labute approximate surface area is 69.1 Å². The lowest BCUT2D eigenvalue weighted by atomic mass is 10.1. The summed E-state index contributed by atoms with van der Waals surface area (Å²) in [6, 6.07) is 1.88. The SMILES string of the molecule is [2H]c1nnccc1CCCCC. The number of aryl methyl sites for hydroxylation is 1. The molecule has 1 heterocycles. The molecule has 0 aliphatic rings. The zero-order chi connectivity index (χ0) is 8.81. The van der Waals surface area contributed by atoms with Crippen molar-refractivity contribution in [2.24, 2.45) is 0 Å². The van der Waals surface area contributed by atoms with Crippen molar-refractivity contribution in [3.8, 4) is 0 Å². The molecule has 2 nitrogen and oxygen atoms in total. The number of nitrogens with zero attached hydrogens (tertiary/aromatic N) is 2. The minimum Gasteiger partial charge on any atom is -0.159 e. The van der Waals surface area contributed by atoms with Crippen LogP contribution in [0.15, 0.2) is 18.4 Å². The van der Waals surface area contributed by atoms with Gasteiger partial charge in [0.1, 0.15) is 0 Å². The number of aromatic nitrogens is 2. The number of unbranched alkanes of at least 4 members (excludes halogenated alkanes) is 2. The Kier molecular flexibility index (Phi) is 2.97. The Morgan fingerprint density at radius 3 is 3.09 bits per heavy atom. The maximum absolute atomic E-state index is 7.43. The van der Waals surface area contributed by atoms with Crippen molar-refractivity contribution in [2.45, 2.75) is 32.6 Å². The van der Waals surface area contributed by atoms with E-state index in [2.05, 4.69) is 17.1 Å². The molecule has 2 heteroatoms. The molecule has 0 N–H and O–H groups in total. The smallest absolute Gasteiger partial charge is 0.0863 e. The molecule has 0 saturated heterocycles. The molecule has 0 saturated carbocycles. The highest BCUT2D eigenvalue weighted by atomic mass is 15.1. The fourth-order valence-electron chi connectivity index (χ4n) is 0.992. The quantitative estimate of drug-likeness (QED) is 0.616. The third-order valence-electron chi connectivity index (χ3n) is 1.64. The number of hydrogen-bond acceptors (Lipinski definition) is 2. The van der Waals surface area contributed by atoms with Crippen LogP contribution in [0.2, 0.25) is 0 Å². The van der Waals surface area contributed by atoms with Crippen LogP contribution in [0.4, 0.5) is 0 Å². The molecule has 0 radical (unpaired) electrons. The van der Waals surface area contributed by atoms with Crippen LogP contribution in [-0.2, 0) is 6.42 Å². The van der Waals surface area contributed by atoms with Gasteiger partial charge in [0.25, 0.3) is 0 Å². The molecule has 60 valence electrons. The van der Waals surface area contributed by atoms with Gasteiger partial charge in [-0.25, -0.2) is 0 Å². The molecule has 0 unspecified atom stereocenters. The van der Waals surface area contributed by atoms with Gasteiger partial charge in [0, 0.05) is 6.20 Å². The molecular weight excluding hydrogens is 136 g/mol. The van der Waals surface area contributed by atoms with Gasteiger partial charge in [-0.3, -0.25) is 0 Å². The molecule has 0 bridgehead atoms. The Hall–Kier alpha value is -0.920. The van der Waals surface area contributed by atoms with Gasteiger partial charge in [-0.1, -0.05) is 19.8 Å². The lowest BCUT2D eigenvalue weighted by molar-refractivity contribution is 0.714. The highest BCUT2D eigenvalue weighted by Crippen LogP contribution is 2.03. The van der Waals surface area contributed by atoms with Crippen molar-refractivity contribution in [3.05, 3.63) is 24.0 Å². The van der Waals surface area contributed by atoms with Crippen molar-refractivity contribution in [3.63, 3.8) is 0 Å². The Morgan fingerprint density at radius 1 is 1.45 bits per heavy atom. The van der Waals surface area contributed by atoms with Crippen LogP contribution < -0.4 is 0 Å². The summed E-state index contributed by atoms with van der Waals surface area (Å²) < 4.78 is 7.43. The molecular formula is C9H14N2. The molecule has 11 heavy (non-hydrogen) atoms. The van der Waals surface area contributed by atoms with Crippen LogP contribution >= 0.6 is 0 Å². The van der Waals surface area contributed by atoms with Crippen LogP contribution in [0.5, 0.6) is 0 Å². The molecule has 0 aliphatic carbocycles. The van der Waals surface area contributed by atoms with Gasteiger partial charge in [0.05, 0.1) is 7.54 Å². The number of rotatable bonds is 4. The molecule has 0 aromatic carbocycles. The summed E-state index contributed by atoms with van der Waals surface area (Å²) in [5, 5.41) is 7.31. The highest BCUT2D eigenvalue weighted by molar-refractivity contribution is 5.04. The first-order chi connectivity index (χ1) is 5.84. The molecule has 0 atom stereocenters. The Morgan fingerprint density at radius 2 is 2.36 bits per heavy atom. The van der Waals surface area contributed by atoms with E-state index in [9.17, 15) is 0 Å². The van der Waals surface area contributed by atoms with Crippen molar-refractivity contribution in [2.75, 3.05) is 0 Å². The third kappa shape index (κ3) is 3.12. The average Bonchev–Trinajstić information content (AvgIpc) is 2.09. The van der Waals surface area contributed by atoms with Crippen LogP contribution in [0.3, 0.4) is 0 Å². The summed E-state index contributed by atoms with van der Waals surface area (Å²) in [6.07, 6.45) is 6.53. The molecule has 1 rings (SSSR count). The van der Waals surface area contributed by atoms with E-state index < -0.39 is 0 Å². The highest BCUT2D eigenvalue weighted by Gasteiger charge is 1.90. The summed E-state index contributed by atoms with van der Waals surface area (Å²) in [7, 11) is 0. The maximum Gasteiger partial charge on any atom is 0.0863 e. The normalized spacial score (nSPS) is 11.2. The fraction of sp³-hybridized carbons (Fsp3) is 0.556. The van der Waals surface area contributed by atoms with E-state index in [1.54, 1.807) is 6.20 Å². The zero-order valence-electron chi connectivity index (χ0n) is 7.88. The monoisotopic (exact) mass is 151 g/mol. The summed E-state index contributed by atoms with van der Waals surface area (Å²) in [5.41, 5.74) is 1.01. The standard InChI is InChI=1S/C9H14N2/c1-2-3-4-5-9-6-7-10-11-8-9/h6-8H,2-5H2,1H3/i8D. The van der Waals surface area contributed by atoms with Crippen LogP contribution in [0.1, 0.15) is 33.1 Å². The number of hydrogen-bond donors (Lipinski definition) is 0. The van der Waals surface area contributed by atoms with Gasteiger partial charge in [0.15, 0.2) is 0 Å². The Bertz CT molecular complexity index is 238. The van der Waals surface area contributed by atoms with E-state index >= 15 is 0 Å². The lowest BCUT2D eigenvalue weighted by Crippen LogP contribution is -1.87. The van der Waals surface area contributed by atoms with E-state index in [1.807, 2.05) is 6.07 Å². The first kappa shape index (κ1) is 6.77. The topological polar surface area (TPSA) is 25.8 Å². The van der Waals surface area contributed by atoms with Gasteiger partial charge in [0.2, 0.25) is 0 Å². The molecule has 1 aromatic heterocycles. The third-order valence-corrected chi connectivity index (χ3v) is 1.64. The van der Waals surface area contributed by atoms with Crippen molar-refractivity contribution < 1.29 is 1.37 Å². The fourth-order valence-corrected chi connectivity index (χ4v) is 0.992. The predicted molar refractivity (Wildman–Crippen MR) is 45.3 cm³/mol. The second-order valence-corrected chi connectivity index (χ2v) is 2.63. The molecule has 0 aliphatic heterocycles. The van der Waals surface area contributed by atoms with Gasteiger partial charge in [-0.05, 0) is 24.5 Å². The maximum atomic E-state index is 7.43. The zero-order valence-corrected chi connectivity index (χ0v) is 6.88. The first-order valence-electron chi connectivity index (χ1n) is 4.61. The minimum absolute atomic E-state index is 0.327. The van der Waals surface area contributed by atoms with E-state index in [4.69, 9.17) is 1.37 Å². The molecule has 0 amide bonds. The summed E-state index contributed by atoms with van der Waals surface area (Å²) in [6.45, 7) is 2.17. The van der Waals surface area contributed by atoms with Gasteiger partial charge in [-0.2, -0.15) is 10.2 Å². The average molecular weight is 151 g/mol. The molecule has 0 spiro atoms. The van der Waals surface area contributed by atoms with Crippen LogP contribution in [-0.4, -0.2) is 10.2 Å². The first-order valence-corrected chi connectivity index (χ1v) is 4.11. The lowest BCUT2D eigenvalue weighted by Gasteiger charge is -1.96. The van der Waals surface area contributed by atoms with E-state index in [-0.39, 0.29) is 0 Å². The van der Waals surface area contributed by atoms with E-state index in [0.717, 1.165) is 18.4 Å². The van der Waals surface area contributed by atoms with Crippen molar-refractivity contribution in [1.29, 1.82) is 0 Å². The minimum atomic E-state index is 0.327. The van der Waals surface area contributed by atoms with Crippen LogP contribution in [0.25, 0.3) is 0 Å². The second kappa shape index (κ2) is 4.83. The second-order valence-electron chi connectivity index (χ2n) is 2.63. The van der Waals surface area contributed by atoms with Crippen LogP contribution in [0, 0.1) is 0 Å². The Balaban J connectivity index is 2.46. The molecule has 1 aromatic rings. The van der Waals surface area contributed by atoms with Crippen molar-refractivity contribution in [1.82, 2.24) is 10.2 Å². The molecule has 0 fully saturated rings. The van der Waals surface area contributed by atoms with Gasteiger partial charge >= 0.3 is 0 Å².